The molecule has 0 saturated carbocycles. The minimum atomic E-state index is -2.38. The van der Waals surface area contributed by atoms with Gasteiger partial charge in [0.2, 0.25) is 70.8 Å². The predicted molar refractivity (Wildman–Crippen MR) is 349 cm³/mol. The third-order valence-electron chi connectivity index (χ3n) is 17.4. The van der Waals surface area contributed by atoms with E-state index in [-0.39, 0.29) is 55.8 Å². The quantitative estimate of drug-likeness (QED) is 0.0822. The summed E-state index contributed by atoms with van der Waals surface area (Å²) >= 11 is 0. The highest BCUT2D eigenvalue weighted by molar-refractivity contribution is 5.99. The van der Waals surface area contributed by atoms with Crippen molar-refractivity contribution in [3.8, 4) is 0 Å². The first-order valence-electron chi connectivity index (χ1n) is 32.7. The second-order valence-corrected chi connectivity index (χ2v) is 27.9. The lowest BCUT2D eigenvalue weighted by molar-refractivity contribution is -0.157. The van der Waals surface area contributed by atoms with E-state index in [1.54, 1.807) is 55.4 Å². The van der Waals surface area contributed by atoms with Gasteiger partial charge in [-0.25, -0.2) is 22.0 Å². The maximum absolute atomic E-state index is 15.3. The van der Waals surface area contributed by atoms with Crippen molar-refractivity contribution in [3.63, 3.8) is 0 Å². The van der Waals surface area contributed by atoms with Crippen molar-refractivity contribution in [1.29, 1.82) is 0 Å². The van der Waals surface area contributed by atoms with E-state index in [2.05, 4.69) is 21.3 Å². The molecule has 0 aliphatic carbocycles. The van der Waals surface area contributed by atoms with Gasteiger partial charge in [-0.3, -0.25) is 52.7 Å². The fraction of sp³-hybridized carbons (Fsp3) is 0.716. The van der Waals surface area contributed by atoms with Crippen LogP contribution in [-0.2, 0) is 52.7 Å². The lowest BCUT2D eigenvalue weighted by Crippen LogP contribution is -2.63. The molecule has 1 aromatic rings. The molecule has 1 saturated heterocycles. The molecule has 2 rings (SSSR count). The van der Waals surface area contributed by atoms with Crippen LogP contribution in [0.15, 0.2) is 6.08 Å². The Balaban J connectivity index is 3.04. The summed E-state index contributed by atoms with van der Waals surface area (Å²) in [6.07, 6.45) is -0.665. The van der Waals surface area contributed by atoms with Gasteiger partial charge in [0.1, 0.15) is 60.4 Å². The van der Waals surface area contributed by atoms with Gasteiger partial charge < -0.3 is 60.7 Å². The number of rotatable bonds is 16. The average Bonchev–Trinajstić information content (AvgIpc) is 0.813. The number of halogens is 5. The molecule has 538 valence electrons. The summed E-state index contributed by atoms with van der Waals surface area (Å²) in [7, 11) is 9.20. The van der Waals surface area contributed by atoms with E-state index in [9.17, 15) is 65.4 Å². The molecule has 1 fully saturated rings. The van der Waals surface area contributed by atoms with E-state index >= 15 is 14.4 Å². The van der Waals surface area contributed by atoms with E-state index in [4.69, 9.17) is 0 Å². The number of benzene rings is 1. The number of likely N-dealkylation sites (N-methyl/N-ethyl adjacent to an activating group) is 7. The van der Waals surface area contributed by atoms with E-state index in [0.29, 0.717) is 6.08 Å². The van der Waals surface area contributed by atoms with Crippen molar-refractivity contribution in [1.82, 2.24) is 55.6 Å². The topological polar surface area (TPSA) is 279 Å². The number of amides is 11. The Morgan fingerprint density at radius 1 is 0.442 bits per heavy atom. The lowest BCUT2D eigenvalue weighted by Gasteiger charge is -2.41. The molecule has 95 heavy (non-hydrogen) atoms. The molecule has 0 bridgehead atoms. The third kappa shape index (κ3) is 21.9. The molecule has 0 unspecified atom stereocenters. The highest BCUT2D eigenvalue weighted by Gasteiger charge is 2.46. The van der Waals surface area contributed by atoms with Crippen LogP contribution in [0.4, 0.5) is 22.0 Å². The number of nitrogens with zero attached hydrogens (tertiary/aromatic N) is 7. The Morgan fingerprint density at radius 3 is 1.29 bits per heavy atom. The minimum Gasteiger partial charge on any atom is -0.390 e. The van der Waals surface area contributed by atoms with Crippen molar-refractivity contribution in [3.05, 3.63) is 40.7 Å². The summed E-state index contributed by atoms with van der Waals surface area (Å²) < 4.78 is 71.9. The minimum absolute atomic E-state index is 0.0265. The number of carbonyl (C=O) groups is 11. The molecule has 0 aromatic heterocycles. The van der Waals surface area contributed by atoms with E-state index < -0.39 is 197 Å². The molecular formula is C67H108F5N11O12. The molecule has 28 heteroatoms. The Kier molecular flexibility index (Phi) is 32.4. The van der Waals surface area contributed by atoms with Gasteiger partial charge in [0.25, 0.3) is 0 Å². The van der Waals surface area contributed by atoms with Crippen molar-refractivity contribution in [2.75, 3.05) is 55.9 Å². The maximum Gasteiger partial charge on any atom is 0.246 e. The van der Waals surface area contributed by atoms with Crippen LogP contribution in [0.25, 0.3) is 6.08 Å². The molecule has 1 aromatic carbocycles. The van der Waals surface area contributed by atoms with Gasteiger partial charge in [0.05, 0.1) is 18.2 Å². The Hall–Kier alpha value is -7.26. The van der Waals surface area contributed by atoms with Gasteiger partial charge in [0.15, 0.2) is 23.3 Å². The zero-order valence-electron chi connectivity index (χ0n) is 60.0. The summed E-state index contributed by atoms with van der Waals surface area (Å²) in [5, 5.41) is 23.0. The molecule has 0 spiro atoms. The summed E-state index contributed by atoms with van der Waals surface area (Å²) in [5.41, 5.74) is -1.30. The molecule has 12 atom stereocenters. The number of allylic oxidation sites excluding steroid dienone is 1. The third-order valence-corrected chi connectivity index (χ3v) is 17.4. The summed E-state index contributed by atoms with van der Waals surface area (Å²) in [6.45, 7) is 26.0. The molecule has 1 aliphatic rings. The van der Waals surface area contributed by atoms with E-state index in [1.165, 1.54) is 84.7 Å². The first-order chi connectivity index (χ1) is 43.8. The molecule has 11 amide bonds. The summed E-state index contributed by atoms with van der Waals surface area (Å²) in [6, 6.07) is -13.7. The van der Waals surface area contributed by atoms with Gasteiger partial charge in [-0.05, 0) is 93.8 Å². The van der Waals surface area contributed by atoms with E-state index in [1.807, 2.05) is 27.7 Å². The lowest BCUT2D eigenvalue weighted by atomic mass is 9.91. The SMILES string of the molecule is CC[C@@H]1NC(=O)[C@H]([C@H](O)[C@H](C)C/C=C/c2c(F)c(F)c(F)c(F)c2F)N(C)C(=O)[C@H](C(C)C)N(C)C(=O)[C@H](CC(C)C)N(C)C(=O)[C@H](CC(C)C)N(C)C(=O)[C@@H](C)NC(=O)[C@H](C)NC(=O)[C@H](CC(C)C)N(C)C(=O)[C@H](C(C)C)NC(=O)[C@H](CC(C)C)N(C)C(=O)CN(C)C1=O. The standard InChI is InChI=1S/C67H108F5N11O12/c1-24-43-63(91)77(17)32-48(84)78(18)44(28-33(2)3)60(88)76-54(37(10)11)66(94)79(19)45(29-34(4)5)59(87)73-40(15)58(86)74-41(16)62(90)80(20)46(30-35(6)7)64(92)81(21)47(31-36(8)9)65(93)82(22)55(38(12)13)67(95)83(23)56(61(89)75-43)57(85)39(14)26-25-27-42-49(68)51(70)53(72)52(71)50(42)69/h25,27,33-41,43-47,54-57,85H,24,26,28-32H2,1-23H3,(H,73,87)(H,74,86)(H,75,89)(H,76,88)/b27-25+/t39-,40+,41-,43+,44+,45+,46+,47+,54+,55+,56+,57-/m1/s1. The van der Waals surface area contributed by atoms with Crippen molar-refractivity contribution in [2.24, 2.45) is 41.4 Å². The zero-order chi connectivity index (χ0) is 73.4. The highest BCUT2D eigenvalue weighted by Crippen LogP contribution is 2.28. The van der Waals surface area contributed by atoms with E-state index in [0.717, 1.165) is 32.7 Å². The molecule has 23 nitrogen and oxygen atoms in total. The highest BCUT2D eigenvalue weighted by atomic mass is 19.2. The van der Waals surface area contributed by atoms with Crippen molar-refractivity contribution < 1.29 is 79.8 Å². The number of hydrogen-bond donors (Lipinski definition) is 5. The monoisotopic (exact) mass is 1350 g/mol. The maximum atomic E-state index is 15.3. The number of hydrogen-bond acceptors (Lipinski definition) is 12. The largest absolute Gasteiger partial charge is 0.390 e. The molecular weight excluding hydrogens is 1250 g/mol. The fourth-order valence-electron chi connectivity index (χ4n) is 11.5. The van der Waals surface area contributed by atoms with Gasteiger partial charge in [-0.2, -0.15) is 0 Å². The molecule has 0 radical (unpaired) electrons. The van der Waals surface area contributed by atoms with Crippen LogP contribution in [-0.4, -0.2) is 227 Å². The number of aliphatic hydroxyl groups is 1. The van der Waals surface area contributed by atoms with Crippen molar-refractivity contribution >= 4 is 71.1 Å². The van der Waals surface area contributed by atoms with Crippen LogP contribution in [0.5, 0.6) is 0 Å². The summed E-state index contributed by atoms with van der Waals surface area (Å²) in [4.78, 5) is 169. The molecule has 1 aliphatic heterocycles. The van der Waals surface area contributed by atoms with Crippen LogP contribution in [0.2, 0.25) is 0 Å². The van der Waals surface area contributed by atoms with Gasteiger partial charge >= 0.3 is 0 Å². The molecule has 1 heterocycles. The van der Waals surface area contributed by atoms with Crippen LogP contribution < -0.4 is 21.3 Å². The second-order valence-electron chi connectivity index (χ2n) is 27.9. The Bertz CT molecular complexity index is 2900. The van der Waals surface area contributed by atoms with Crippen LogP contribution in [0, 0.1) is 70.5 Å². The van der Waals surface area contributed by atoms with Crippen LogP contribution in [0.1, 0.15) is 155 Å². The number of carbonyl (C=O) groups excluding carboxylic acids is 11. The summed E-state index contributed by atoms with van der Waals surface area (Å²) in [5.74, 6) is -23.3. The predicted octanol–water partition coefficient (Wildman–Crippen LogP) is 5.10. The van der Waals surface area contributed by atoms with Crippen LogP contribution >= 0.6 is 0 Å². The smallest absolute Gasteiger partial charge is 0.246 e. The fourth-order valence-corrected chi connectivity index (χ4v) is 11.5. The Labute approximate surface area is 558 Å². The van der Waals surface area contributed by atoms with Crippen LogP contribution in [0.3, 0.4) is 0 Å². The van der Waals surface area contributed by atoms with Gasteiger partial charge in [-0.15, -0.1) is 0 Å². The second kappa shape index (κ2) is 36.7. The zero-order valence-corrected chi connectivity index (χ0v) is 60.0. The van der Waals surface area contributed by atoms with Gasteiger partial charge in [0, 0.05) is 49.3 Å². The average molecular weight is 1350 g/mol. The Morgan fingerprint density at radius 2 is 0.842 bits per heavy atom. The first kappa shape index (κ1) is 83.8. The first-order valence-corrected chi connectivity index (χ1v) is 32.7. The number of nitrogens with one attached hydrogen (secondary N) is 4. The molecule has 5 N–H and O–H groups in total. The number of aliphatic hydroxyl groups excluding tert-OH is 1. The van der Waals surface area contributed by atoms with Gasteiger partial charge in [-0.1, -0.05) is 109 Å². The van der Waals surface area contributed by atoms with Crippen molar-refractivity contribution in [2.45, 2.75) is 216 Å². The normalized spacial score (nSPS) is 25.3.